The van der Waals surface area contributed by atoms with E-state index in [0.717, 1.165) is 314 Å². The highest BCUT2D eigenvalue weighted by Crippen LogP contribution is 2.49. The number of unbranched alkanes of at least 4 members (excludes halogenated alkanes) is 6. The van der Waals surface area contributed by atoms with Crippen LogP contribution >= 0.6 is 0 Å². The third kappa shape index (κ3) is 30.6. The van der Waals surface area contributed by atoms with E-state index in [2.05, 4.69) is 121 Å². The maximum Gasteiger partial charge on any atom is 0.325 e. The lowest BCUT2D eigenvalue weighted by Crippen LogP contribution is -2.44. The summed E-state index contributed by atoms with van der Waals surface area (Å²) in [6, 6.07) is 14.6. The van der Waals surface area contributed by atoms with E-state index in [-0.39, 0.29) is 60.9 Å². The van der Waals surface area contributed by atoms with Gasteiger partial charge in [0.05, 0.1) is 54.5 Å². The Balaban J connectivity index is 0.000000154. The van der Waals surface area contributed by atoms with Crippen LogP contribution in [0.25, 0.3) is 0 Å². The van der Waals surface area contributed by atoms with E-state index in [9.17, 15) is 39.6 Å². The van der Waals surface area contributed by atoms with Crippen LogP contribution in [-0.2, 0) is 84.8 Å². The summed E-state index contributed by atoms with van der Waals surface area (Å²) in [5, 5.41) is 54.1. The van der Waals surface area contributed by atoms with Gasteiger partial charge in [0.2, 0.25) is 11.8 Å². The summed E-state index contributed by atoms with van der Waals surface area (Å²) in [6.07, 6.45) is 51.2. The van der Waals surface area contributed by atoms with Gasteiger partial charge in [-0.05, 0) is 290 Å². The lowest BCUT2D eigenvalue weighted by Gasteiger charge is -2.37. The number of aliphatic carboxylic acids is 4. The molecule has 0 amide bonds. The molecule has 0 radical (unpaired) electrons. The highest BCUT2D eigenvalue weighted by atomic mass is 16.5. The maximum absolute atomic E-state index is 12.4. The molecular formula is C115H168N20O13. The molecule has 14 aliphatic rings. The van der Waals surface area contributed by atoms with Crippen molar-refractivity contribution >= 4 is 47.1 Å². The Morgan fingerprint density at radius 2 is 0.736 bits per heavy atom. The van der Waals surface area contributed by atoms with Crippen molar-refractivity contribution in [3.63, 3.8) is 0 Å². The second-order valence-corrected chi connectivity index (χ2v) is 43.0. The first-order valence-corrected chi connectivity index (χ1v) is 54.2. The molecule has 8 atom stereocenters. The van der Waals surface area contributed by atoms with Gasteiger partial charge < -0.3 is 65.4 Å². The summed E-state index contributed by atoms with van der Waals surface area (Å²) in [6.45, 7) is 15.1. The minimum atomic E-state index is -0.914. The number of aromatic nitrogens is 12. The van der Waals surface area contributed by atoms with Crippen molar-refractivity contribution in [2.45, 2.75) is 354 Å². The van der Waals surface area contributed by atoms with Crippen molar-refractivity contribution in [1.82, 2.24) is 79.4 Å². The first kappa shape index (κ1) is 113. The summed E-state index contributed by atoms with van der Waals surface area (Å²) >= 11 is 0. The van der Waals surface area contributed by atoms with Gasteiger partial charge in [0.1, 0.15) is 77.8 Å². The van der Waals surface area contributed by atoms with E-state index in [1.165, 1.54) is 104 Å². The van der Waals surface area contributed by atoms with Gasteiger partial charge in [-0.1, -0.05) is 94.0 Å². The van der Waals surface area contributed by atoms with Crippen molar-refractivity contribution < 1.29 is 63.3 Å². The summed E-state index contributed by atoms with van der Waals surface area (Å²) in [7, 11) is 0. The van der Waals surface area contributed by atoms with Crippen molar-refractivity contribution in [3.8, 4) is 11.8 Å². The average Bonchev–Trinajstić information content (AvgIpc) is 1.62. The number of likely N-dealkylation sites (tertiary alicyclic amines) is 4. The Hall–Kier alpha value is -10.7. The molecule has 5 saturated heterocycles. The number of aryl methyl sites for hydroxylation is 8. The quantitative estimate of drug-likeness (QED) is 0.0164. The van der Waals surface area contributed by atoms with Gasteiger partial charge in [-0.15, -0.1) is 0 Å². The topological polar surface area (TPSA) is 411 Å². The largest absolute Gasteiger partial charge is 0.480 e. The number of carboxylic acids is 4. The number of anilines is 4. The lowest BCUT2D eigenvalue weighted by molar-refractivity contribution is -0.144. The van der Waals surface area contributed by atoms with Gasteiger partial charge in [-0.3, -0.25) is 38.8 Å². The van der Waals surface area contributed by atoms with E-state index in [1.54, 1.807) is 12.4 Å². The van der Waals surface area contributed by atoms with Crippen LogP contribution in [0.2, 0.25) is 0 Å². The lowest BCUT2D eigenvalue weighted by atomic mass is 9.90. The molecule has 0 aromatic carbocycles. The van der Waals surface area contributed by atoms with Crippen LogP contribution in [0.1, 0.15) is 375 Å². The van der Waals surface area contributed by atoms with E-state index in [1.807, 2.05) is 17.3 Å². The molecule has 806 valence electrons. The number of rotatable bonds is 45. The van der Waals surface area contributed by atoms with Gasteiger partial charge in [-0.2, -0.15) is 0 Å². The molecule has 8 aromatic rings. The molecule has 0 spiro atoms. The Kier molecular flexibility index (Phi) is 41.5. The van der Waals surface area contributed by atoms with E-state index in [0.29, 0.717) is 111 Å². The molecule has 33 heteroatoms. The van der Waals surface area contributed by atoms with Crippen LogP contribution in [0.3, 0.4) is 0 Å². The number of nitrogens with zero attached hydrogens (tertiary/aromatic N) is 16. The predicted molar refractivity (Wildman–Crippen MR) is 575 cm³/mol. The average molecular weight is 2040 g/mol. The minimum absolute atomic E-state index is 0. The first-order chi connectivity index (χ1) is 70.0. The molecule has 5 aliphatic carbocycles. The Morgan fingerprint density at radius 1 is 0.385 bits per heavy atom. The van der Waals surface area contributed by atoms with Crippen molar-refractivity contribution in [1.29, 1.82) is 0 Å². The van der Waals surface area contributed by atoms with E-state index < -0.39 is 48.0 Å². The molecule has 5 saturated carbocycles. The van der Waals surface area contributed by atoms with Gasteiger partial charge in [0.15, 0.2) is 0 Å². The number of carbonyl (C=O) groups is 4. The number of fused-ring (bicyclic) bond motifs is 4. The van der Waals surface area contributed by atoms with Crippen LogP contribution in [0.4, 0.5) is 23.3 Å². The Labute approximate surface area is 877 Å². The number of ether oxygens (including phenoxy) is 5. The molecule has 8 aromatic heterocycles. The highest BCUT2D eigenvalue weighted by molar-refractivity contribution is 5.78. The summed E-state index contributed by atoms with van der Waals surface area (Å²) in [5.74, 6) is 6.40. The molecule has 22 rings (SSSR count). The van der Waals surface area contributed by atoms with E-state index >= 15 is 0 Å². The third-order valence-electron chi connectivity index (χ3n) is 31.0. The molecular weight excluding hydrogens is 1870 g/mol. The third-order valence-corrected chi connectivity index (χ3v) is 31.0. The second-order valence-electron chi connectivity index (χ2n) is 43.0. The normalized spacial score (nSPS) is 21.2. The number of hydrogen-bond donors (Lipinski definition) is 8. The summed E-state index contributed by atoms with van der Waals surface area (Å²) in [4.78, 5) is 112. The highest BCUT2D eigenvalue weighted by Gasteiger charge is 2.45. The molecule has 9 aliphatic heterocycles. The fraction of sp³-hybridized carbons (Fsp3) is 0.652. The summed E-state index contributed by atoms with van der Waals surface area (Å²) < 4.78 is 29.4. The fourth-order valence-corrected chi connectivity index (χ4v) is 22.1. The van der Waals surface area contributed by atoms with Gasteiger partial charge in [0.25, 0.3) is 0 Å². The van der Waals surface area contributed by atoms with Gasteiger partial charge in [-0.25, -0.2) is 59.8 Å². The smallest absolute Gasteiger partial charge is 0.325 e. The maximum atomic E-state index is 12.4. The standard InChI is InChI=1S/C29H39N5O2.C28H39N5O4.C28H37N5O3.C25H33N5O4.5CH4/c35-29(36)26(24-17-31-28(22-10-11-22)33-25(24)20-8-9-20)34-16-14-19(18-34)5-2-1-3-7-23-13-12-21-6-4-15-30-27(21)32-23;1-28(16-36-17-28)18-37-26-23(14-29-19-31-26)24(27(34)35)33-13-11-20(15-33)6-3-2-4-8-22-10-9-21-7-5-12-30-25(21)32-22;34-28(35)25(23-16-30-27(20-8-9-20)32-24(23)18-6-7-18)33-14-12-22(17-33)36-15-2-1-5-21-11-10-19-4-3-13-29-26(19)31-21;31-25(32)22(21-14-26-16-28-24(21)34-19-8-9-19)30-12-10-20(15-30)33-13-2-1-5-18-7-6-17-4-3-11-27-23(17)29-18;;;;;/h12-13,17,19-20,22,26H,1-11,14-16,18H2,(H,30,32)(H,35,36);9-10,14,19-20,24H,2-8,11-13,15-18H2,1H3,(H,30,32)(H,34,35);10-11,16,18,20,22,25H,1-9,12-15,17H2,(H,29,31)(H,34,35);6-7,14,16,19-20,22H,1-5,8-13,15H2,(H,27,29)(H,31,32);5*1H4/t19-,26?;20-,24?;22-,25?;20-,22?;;;;;/m1111...../s1. The monoisotopic (exact) mass is 2040 g/mol. The van der Waals surface area contributed by atoms with E-state index in [4.69, 9.17) is 53.6 Å². The zero-order valence-corrected chi connectivity index (χ0v) is 83.6. The van der Waals surface area contributed by atoms with Crippen LogP contribution in [-0.4, -0.2) is 254 Å². The van der Waals surface area contributed by atoms with Crippen LogP contribution < -0.4 is 30.7 Å². The van der Waals surface area contributed by atoms with Crippen molar-refractivity contribution in [2.75, 3.05) is 133 Å². The molecule has 8 N–H and O–H groups in total. The van der Waals surface area contributed by atoms with Gasteiger partial charge >= 0.3 is 23.9 Å². The number of nitrogens with one attached hydrogen (secondary N) is 4. The Bertz CT molecular complexity index is 5450. The van der Waals surface area contributed by atoms with Crippen LogP contribution in [0.15, 0.2) is 86.0 Å². The van der Waals surface area contributed by atoms with Gasteiger partial charge in [0, 0.05) is 166 Å². The Morgan fingerprint density at radius 3 is 1.09 bits per heavy atom. The number of carboxylic acid groups (broad SMARTS) is 4. The van der Waals surface area contributed by atoms with Crippen LogP contribution in [0, 0.1) is 17.3 Å². The summed E-state index contributed by atoms with van der Waals surface area (Å²) in [5.41, 5.74) is 14.6. The SMILES string of the molecule is C.C.C.C.C.CC1(COc2ncncc2C(C(=O)O)N2CC[C@@H](CCCCCc3ccc4c(n3)NCCC4)C2)COC1.O=C(O)C(c1cnc(C2CC2)nc1C1CC1)N1CC[C@@H](CCCCCc2ccc3c(n2)NCCC3)C1.O=C(O)C(c1cnc(C2CC2)nc1C1CC1)N1CC[C@@H](OCCCCc2ccc3c(n2)NCCC3)C1.O=C(O)C(c1cncnc1OC1CC1)N1CC[C@@H](OCCCCc2ccc3c(n2)NCCC3)C1. The van der Waals surface area contributed by atoms with Crippen molar-refractivity contribution in [3.05, 3.63) is 176 Å². The zero-order chi connectivity index (χ0) is 98.0. The zero-order valence-electron chi connectivity index (χ0n) is 83.6. The minimum Gasteiger partial charge on any atom is -0.480 e. The second kappa shape index (κ2) is 54.3. The van der Waals surface area contributed by atoms with Crippen molar-refractivity contribution in [2.24, 2.45) is 17.3 Å². The molecule has 33 nitrogen and oxygen atoms in total. The molecule has 4 unspecified atom stereocenters. The molecule has 0 bridgehead atoms. The predicted octanol–water partition coefficient (Wildman–Crippen LogP) is 19.5. The number of hydrogen-bond acceptors (Lipinski definition) is 29. The van der Waals surface area contributed by atoms with Crippen LogP contribution in [0.5, 0.6) is 11.8 Å². The fourth-order valence-electron chi connectivity index (χ4n) is 22.1. The molecule has 10 fully saturated rings. The first-order valence-electron chi connectivity index (χ1n) is 54.2. The molecule has 148 heavy (non-hydrogen) atoms. The molecule has 17 heterocycles. The number of pyridine rings is 4.